The van der Waals surface area contributed by atoms with Gasteiger partial charge in [0.1, 0.15) is 5.82 Å². The largest absolute Gasteiger partial charge is 0.322 e. The van der Waals surface area contributed by atoms with Crippen LogP contribution in [0.3, 0.4) is 0 Å². The lowest BCUT2D eigenvalue weighted by Crippen LogP contribution is -2.13. The summed E-state index contributed by atoms with van der Waals surface area (Å²) in [5.41, 5.74) is 1.95. The quantitative estimate of drug-likeness (QED) is 0.818. The highest BCUT2D eigenvalue weighted by Crippen LogP contribution is 2.23. The van der Waals surface area contributed by atoms with Crippen molar-refractivity contribution in [2.45, 2.75) is 13.3 Å². The van der Waals surface area contributed by atoms with Gasteiger partial charge in [-0.1, -0.05) is 34.5 Å². The molecule has 5 heteroatoms. The second kappa shape index (κ2) is 6.37. The summed E-state index contributed by atoms with van der Waals surface area (Å²) in [5.74, 6) is -0.969. The molecule has 20 heavy (non-hydrogen) atoms. The molecule has 0 radical (unpaired) electrons. The lowest BCUT2D eigenvalue weighted by molar-refractivity contribution is 0.102. The molecular formula is C15H12BrClFNO. The summed E-state index contributed by atoms with van der Waals surface area (Å²) in [6.45, 7) is 2.00. The van der Waals surface area contributed by atoms with Crippen molar-refractivity contribution in [1.29, 1.82) is 0 Å². The maximum Gasteiger partial charge on any atom is 0.255 e. The average Bonchev–Trinajstić information content (AvgIpc) is 2.43. The number of anilines is 1. The second-order valence-electron chi connectivity index (χ2n) is 4.24. The van der Waals surface area contributed by atoms with E-state index in [-0.39, 0.29) is 16.5 Å². The van der Waals surface area contributed by atoms with Crippen LogP contribution in [-0.4, -0.2) is 5.91 Å². The molecule has 2 aromatic carbocycles. The van der Waals surface area contributed by atoms with Gasteiger partial charge in [-0.15, -0.1) is 0 Å². The molecule has 0 atom stereocenters. The third-order valence-electron chi connectivity index (χ3n) is 2.88. The standard InChI is InChI=1S/C15H12BrClFNO/c1-2-9-7-11(16)4-6-14(9)19-15(20)10-3-5-12(17)13(18)8-10/h3-8H,2H2,1H3,(H,19,20). The molecule has 104 valence electrons. The Morgan fingerprint density at radius 3 is 2.70 bits per heavy atom. The van der Waals surface area contributed by atoms with Gasteiger partial charge >= 0.3 is 0 Å². The number of halogens is 3. The lowest BCUT2D eigenvalue weighted by atomic mass is 10.1. The molecule has 0 spiro atoms. The Kier molecular flexibility index (Phi) is 4.78. The molecule has 2 rings (SSSR count). The molecule has 1 amide bonds. The molecule has 0 saturated carbocycles. The lowest BCUT2D eigenvalue weighted by Gasteiger charge is -2.10. The van der Waals surface area contributed by atoms with Gasteiger partial charge in [0.15, 0.2) is 0 Å². The van der Waals surface area contributed by atoms with Crippen molar-refractivity contribution in [3.05, 3.63) is 62.8 Å². The van der Waals surface area contributed by atoms with Gasteiger partial charge in [-0.05, 0) is 48.4 Å². The minimum Gasteiger partial charge on any atom is -0.322 e. The number of carbonyl (C=O) groups excluding carboxylic acids is 1. The zero-order chi connectivity index (χ0) is 14.7. The summed E-state index contributed by atoms with van der Waals surface area (Å²) in [4.78, 5) is 12.1. The van der Waals surface area contributed by atoms with Crippen molar-refractivity contribution in [2.75, 3.05) is 5.32 Å². The van der Waals surface area contributed by atoms with E-state index >= 15 is 0 Å². The first kappa shape index (κ1) is 15.0. The van der Waals surface area contributed by atoms with Crippen molar-refractivity contribution in [3.63, 3.8) is 0 Å². The summed E-state index contributed by atoms with van der Waals surface area (Å²) in [6, 6.07) is 9.59. The van der Waals surface area contributed by atoms with Crippen LogP contribution in [0.2, 0.25) is 5.02 Å². The molecule has 2 nitrogen and oxygen atoms in total. The maximum absolute atomic E-state index is 13.4. The van der Waals surface area contributed by atoms with Crippen LogP contribution in [0.15, 0.2) is 40.9 Å². The Labute approximate surface area is 130 Å². The fourth-order valence-corrected chi connectivity index (χ4v) is 2.33. The van der Waals surface area contributed by atoms with Crippen molar-refractivity contribution in [3.8, 4) is 0 Å². The van der Waals surface area contributed by atoms with Gasteiger partial charge in [-0.2, -0.15) is 0 Å². The predicted molar refractivity (Wildman–Crippen MR) is 82.9 cm³/mol. The number of benzene rings is 2. The highest BCUT2D eigenvalue weighted by Gasteiger charge is 2.11. The SMILES string of the molecule is CCc1cc(Br)ccc1NC(=O)c1ccc(Cl)c(F)c1. The number of hydrogen-bond acceptors (Lipinski definition) is 1. The van der Waals surface area contributed by atoms with E-state index in [2.05, 4.69) is 21.2 Å². The highest BCUT2D eigenvalue weighted by atomic mass is 79.9. The van der Waals surface area contributed by atoms with Crippen LogP contribution in [0.5, 0.6) is 0 Å². The van der Waals surface area contributed by atoms with Gasteiger partial charge in [0.2, 0.25) is 0 Å². The van der Waals surface area contributed by atoms with E-state index in [9.17, 15) is 9.18 Å². The molecule has 0 fully saturated rings. The number of carbonyl (C=O) groups is 1. The van der Waals surface area contributed by atoms with E-state index in [1.807, 2.05) is 25.1 Å². The van der Waals surface area contributed by atoms with Crippen LogP contribution in [0.1, 0.15) is 22.8 Å². The maximum atomic E-state index is 13.4. The first-order valence-corrected chi connectivity index (χ1v) is 7.23. The Morgan fingerprint density at radius 2 is 2.05 bits per heavy atom. The van der Waals surface area contributed by atoms with Gasteiger partial charge in [-0.25, -0.2) is 4.39 Å². The molecule has 0 aromatic heterocycles. The smallest absolute Gasteiger partial charge is 0.255 e. The van der Waals surface area contributed by atoms with Crippen LogP contribution < -0.4 is 5.32 Å². The minimum absolute atomic E-state index is 0.000520. The molecule has 2 aromatic rings. The van der Waals surface area contributed by atoms with Gasteiger partial charge in [0.05, 0.1) is 5.02 Å². The van der Waals surface area contributed by atoms with Crippen molar-refractivity contribution < 1.29 is 9.18 Å². The Balaban J connectivity index is 2.25. The van der Waals surface area contributed by atoms with Crippen LogP contribution in [-0.2, 0) is 6.42 Å². The first-order valence-electron chi connectivity index (χ1n) is 6.06. The Morgan fingerprint density at radius 1 is 1.30 bits per heavy atom. The predicted octanol–water partition coefficient (Wildman–Crippen LogP) is 5.06. The number of rotatable bonds is 3. The number of hydrogen-bond donors (Lipinski definition) is 1. The van der Waals surface area contributed by atoms with Crippen LogP contribution in [0, 0.1) is 5.82 Å². The number of nitrogens with one attached hydrogen (secondary N) is 1. The van der Waals surface area contributed by atoms with Crippen LogP contribution in [0.4, 0.5) is 10.1 Å². The van der Waals surface area contributed by atoms with Gasteiger partial charge in [0.25, 0.3) is 5.91 Å². The summed E-state index contributed by atoms with van der Waals surface area (Å²) >= 11 is 8.99. The van der Waals surface area contributed by atoms with Gasteiger partial charge in [-0.3, -0.25) is 4.79 Å². The molecule has 0 saturated heterocycles. The molecule has 0 bridgehead atoms. The molecular weight excluding hydrogens is 345 g/mol. The van der Waals surface area contributed by atoms with E-state index in [0.717, 1.165) is 28.2 Å². The number of amides is 1. The first-order chi connectivity index (χ1) is 9.51. The summed E-state index contributed by atoms with van der Waals surface area (Å²) in [7, 11) is 0. The third-order valence-corrected chi connectivity index (χ3v) is 3.68. The van der Waals surface area contributed by atoms with Crippen molar-refractivity contribution in [1.82, 2.24) is 0 Å². The topological polar surface area (TPSA) is 29.1 Å². The summed E-state index contributed by atoms with van der Waals surface area (Å²) in [6.07, 6.45) is 0.782. The third kappa shape index (κ3) is 3.38. The molecule has 1 N–H and O–H groups in total. The van der Waals surface area contributed by atoms with Gasteiger partial charge in [0, 0.05) is 15.7 Å². The van der Waals surface area contributed by atoms with E-state index in [4.69, 9.17) is 11.6 Å². The van der Waals surface area contributed by atoms with Crippen molar-refractivity contribution in [2.24, 2.45) is 0 Å². The van der Waals surface area contributed by atoms with Crippen LogP contribution in [0.25, 0.3) is 0 Å². The fourth-order valence-electron chi connectivity index (χ4n) is 1.81. The monoisotopic (exact) mass is 355 g/mol. The van der Waals surface area contributed by atoms with E-state index in [1.54, 1.807) is 0 Å². The van der Waals surface area contributed by atoms with E-state index in [0.29, 0.717) is 0 Å². The summed E-state index contributed by atoms with van der Waals surface area (Å²) in [5, 5.41) is 2.78. The zero-order valence-electron chi connectivity index (χ0n) is 10.7. The molecule has 0 unspecified atom stereocenters. The molecule has 0 aliphatic carbocycles. The van der Waals surface area contributed by atoms with Gasteiger partial charge < -0.3 is 5.32 Å². The zero-order valence-corrected chi connectivity index (χ0v) is 13.1. The summed E-state index contributed by atoms with van der Waals surface area (Å²) < 4.78 is 14.3. The Hall–Kier alpha value is -1.39. The molecule has 0 aliphatic rings. The fraction of sp³-hybridized carbons (Fsp3) is 0.133. The minimum atomic E-state index is -0.606. The second-order valence-corrected chi connectivity index (χ2v) is 5.56. The van der Waals surface area contributed by atoms with E-state index < -0.39 is 5.82 Å². The van der Waals surface area contributed by atoms with E-state index in [1.165, 1.54) is 12.1 Å². The average molecular weight is 357 g/mol. The Bertz CT molecular complexity index is 660. The molecule has 0 aliphatic heterocycles. The van der Waals surface area contributed by atoms with Crippen molar-refractivity contribution >= 4 is 39.1 Å². The normalized spacial score (nSPS) is 10.4. The highest BCUT2D eigenvalue weighted by molar-refractivity contribution is 9.10. The van der Waals surface area contributed by atoms with Crippen LogP contribution >= 0.6 is 27.5 Å². The molecule has 0 heterocycles. The number of aryl methyl sites for hydroxylation is 1.